The third-order valence-corrected chi connectivity index (χ3v) is 7.00. The van der Waals surface area contributed by atoms with E-state index in [-0.39, 0.29) is 17.7 Å². The normalized spacial score (nSPS) is 18.8. The van der Waals surface area contributed by atoms with E-state index >= 15 is 0 Å². The van der Waals surface area contributed by atoms with Crippen molar-refractivity contribution in [1.29, 1.82) is 0 Å². The van der Waals surface area contributed by atoms with Gasteiger partial charge < -0.3 is 19.4 Å². The second kappa shape index (κ2) is 12.9. The van der Waals surface area contributed by atoms with Crippen LogP contribution in [0.4, 0.5) is 4.39 Å². The molecule has 37 heavy (non-hydrogen) atoms. The number of fused-ring (bicyclic) bond motifs is 1. The molecule has 3 rings (SSSR count). The molecule has 2 aromatic rings. The smallest absolute Gasteiger partial charge is 0.258 e. The molecule has 1 aliphatic heterocycles. The van der Waals surface area contributed by atoms with Crippen LogP contribution in [-0.4, -0.2) is 78.8 Å². The summed E-state index contributed by atoms with van der Waals surface area (Å²) in [4.78, 5) is 44.2. The maximum atomic E-state index is 14.1. The number of amides is 3. The first kappa shape index (κ1) is 28.4. The summed E-state index contributed by atoms with van der Waals surface area (Å²) in [5.41, 5.74) is 1.10. The van der Waals surface area contributed by atoms with Crippen LogP contribution in [0.3, 0.4) is 0 Å². The lowest BCUT2D eigenvalue weighted by molar-refractivity contribution is -0.133. The number of ether oxygens (including phenoxy) is 1. The second-order valence-corrected chi connectivity index (χ2v) is 9.95. The molecule has 0 N–H and O–H groups in total. The lowest BCUT2D eigenvalue weighted by atomic mass is 10.1. The van der Waals surface area contributed by atoms with E-state index in [1.54, 1.807) is 68.1 Å². The summed E-state index contributed by atoms with van der Waals surface area (Å²) >= 11 is 6.16. The van der Waals surface area contributed by atoms with Crippen LogP contribution in [0.5, 0.6) is 5.75 Å². The number of carbonyl (C=O) groups is 3. The number of carbonyl (C=O) groups excluding carboxylic acids is 3. The zero-order valence-electron chi connectivity index (χ0n) is 21.9. The molecule has 2 aromatic carbocycles. The molecule has 1 heterocycles. The molecule has 0 spiro atoms. The highest BCUT2D eigenvalue weighted by Gasteiger charge is 2.28. The maximum Gasteiger partial charge on any atom is 0.258 e. The van der Waals surface area contributed by atoms with Crippen LogP contribution >= 0.6 is 11.6 Å². The van der Waals surface area contributed by atoms with E-state index in [0.717, 1.165) is 0 Å². The van der Waals surface area contributed by atoms with E-state index in [1.165, 1.54) is 11.0 Å². The number of benzene rings is 2. The molecule has 0 saturated carbocycles. The molecule has 0 unspecified atom stereocenters. The van der Waals surface area contributed by atoms with Crippen molar-refractivity contribution in [3.8, 4) is 5.75 Å². The summed E-state index contributed by atoms with van der Waals surface area (Å²) in [6.07, 6.45) is 2.68. The van der Waals surface area contributed by atoms with Gasteiger partial charge in [-0.05, 0) is 75.4 Å². The van der Waals surface area contributed by atoms with Gasteiger partial charge in [-0.3, -0.25) is 14.4 Å². The number of nitrogens with zero attached hydrogens (tertiary/aromatic N) is 3. The second-order valence-electron chi connectivity index (χ2n) is 9.51. The predicted octanol–water partition coefficient (Wildman–Crippen LogP) is 4.80. The molecular formula is C28H35ClFN3O4. The number of hydrogen-bond acceptors (Lipinski definition) is 4. The molecule has 0 saturated heterocycles. The highest BCUT2D eigenvalue weighted by atomic mass is 35.5. The predicted molar refractivity (Wildman–Crippen MR) is 142 cm³/mol. The van der Waals surface area contributed by atoms with E-state index in [1.807, 2.05) is 0 Å². The Morgan fingerprint density at radius 1 is 1.00 bits per heavy atom. The summed E-state index contributed by atoms with van der Waals surface area (Å²) in [6.45, 7) is 5.15. The Morgan fingerprint density at radius 2 is 1.68 bits per heavy atom. The molecule has 0 fully saturated rings. The molecule has 0 aliphatic carbocycles. The number of halogens is 2. The lowest BCUT2D eigenvalue weighted by Gasteiger charge is -2.29. The number of hydrogen-bond donors (Lipinski definition) is 0. The molecule has 1 atom stereocenters. The molecule has 0 bridgehead atoms. The molecule has 200 valence electrons. The maximum absolute atomic E-state index is 14.1. The summed E-state index contributed by atoms with van der Waals surface area (Å²) in [7, 11) is 3.30. The first-order valence-electron chi connectivity index (χ1n) is 12.6. The van der Waals surface area contributed by atoms with E-state index in [9.17, 15) is 18.8 Å². The van der Waals surface area contributed by atoms with Crippen molar-refractivity contribution >= 4 is 29.3 Å². The average Bonchev–Trinajstić information content (AvgIpc) is 2.89. The fraction of sp³-hybridized carbons (Fsp3) is 0.464. The molecule has 3 amide bonds. The first-order valence-corrected chi connectivity index (χ1v) is 13.0. The third kappa shape index (κ3) is 7.22. The molecule has 7 nitrogen and oxygen atoms in total. The van der Waals surface area contributed by atoms with Gasteiger partial charge in [-0.25, -0.2) is 4.39 Å². The Hall–Kier alpha value is -3.13. The van der Waals surface area contributed by atoms with Crippen LogP contribution < -0.4 is 4.74 Å². The van der Waals surface area contributed by atoms with Gasteiger partial charge in [0.05, 0.1) is 12.2 Å². The quantitative estimate of drug-likeness (QED) is 0.530. The number of rotatable bonds is 1. The van der Waals surface area contributed by atoms with Crippen molar-refractivity contribution in [2.45, 2.75) is 45.6 Å². The minimum Gasteiger partial charge on any atom is -0.493 e. The van der Waals surface area contributed by atoms with Crippen LogP contribution in [0.1, 0.15) is 58.9 Å². The summed E-state index contributed by atoms with van der Waals surface area (Å²) in [5, 5.41) is 0.396. The van der Waals surface area contributed by atoms with Gasteiger partial charge in [0.2, 0.25) is 5.91 Å². The van der Waals surface area contributed by atoms with Crippen LogP contribution in [-0.2, 0) is 4.79 Å². The van der Waals surface area contributed by atoms with Crippen LogP contribution in [0.15, 0.2) is 36.4 Å². The van der Waals surface area contributed by atoms with E-state index < -0.39 is 11.9 Å². The van der Waals surface area contributed by atoms with Crippen molar-refractivity contribution in [2.75, 3.05) is 40.3 Å². The Labute approximate surface area is 223 Å². The number of aryl methyl sites for hydroxylation is 1. The first-order chi connectivity index (χ1) is 17.6. The highest BCUT2D eigenvalue weighted by molar-refractivity contribution is 6.31. The fourth-order valence-electron chi connectivity index (χ4n) is 4.22. The minimum absolute atomic E-state index is 0.187. The highest BCUT2D eigenvalue weighted by Crippen LogP contribution is 2.25. The van der Waals surface area contributed by atoms with Crippen molar-refractivity contribution < 1.29 is 23.5 Å². The van der Waals surface area contributed by atoms with Crippen molar-refractivity contribution in [3.05, 3.63) is 63.9 Å². The average molecular weight is 532 g/mol. The monoisotopic (exact) mass is 531 g/mol. The number of likely N-dealkylation sites (N-methyl/N-ethyl adjacent to an activating group) is 2. The zero-order valence-corrected chi connectivity index (χ0v) is 22.7. The van der Waals surface area contributed by atoms with E-state index in [2.05, 4.69) is 0 Å². The van der Waals surface area contributed by atoms with E-state index in [4.69, 9.17) is 16.3 Å². The topological polar surface area (TPSA) is 70.2 Å². The van der Waals surface area contributed by atoms with Gasteiger partial charge in [-0.15, -0.1) is 0 Å². The standard InChI is InChI=1S/C28H35ClFN3O4/c1-19-9-10-21(17-24(19)30)27(35)33-14-6-5-13-31(3)26(34)20(2)32(4)28(36)23-18-22(29)11-12-25(23)37-16-8-7-15-33/h9-12,17-18,20H,5-8,13-16H2,1-4H3/t20-/m0/s1. The Morgan fingerprint density at radius 3 is 2.38 bits per heavy atom. The van der Waals surface area contributed by atoms with Crippen molar-refractivity contribution in [3.63, 3.8) is 0 Å². The Balaban J connectivity index is 1.81. The summed E-state index contributed by atoms with van der Waals surface area (Å²) in [6, 6.07) is 8.71. The Bertz CT molecular complexity index is 1140. The van der Waals surface area contributed by atoms with Crippen LogP contribution in [0, 0.1) is 12.7 Å². The molecule has 9 heteroatoms. The van der Waals surface area contributed by atoms with Crippen molar-refractivity contribution in [1.82, 2.24) is 14.7 Å². The zero-order chi connectivity index (χ0) is 27.1. The third-order valence-electron chi connectivity index (χ3n) is 6.76. The molecular weight excluding hydrogens is 497 g/mol. The summed E-state index contributed by atoms with van der Waals surface area (Å²) in [5.74, 6) is -0.771. The van der Waals surface area contributed by atoms with Gasteiger partial charge in [0.1, 0.15) is 17.6 Å². The molecule has 0 aromatic heterocycles. The molecule has 1 aliphatic rings. The van der Waals surface area contributed by atoms with Gasteiger partial charge >= 0.3 is 0 Å². The van der Waals surface area contributed by atoms with Gasteiger partial charge in [0.15, 0.2) is 0 Å². The minimum atomic E-state index is -0.686. The van der Waals surface area contributed by atoms with Gasteiger partial charge in [-0.1, -0.05) is 17.7 Å². The van der Waals surface area contributed by atoms with E-state index in [0.29, 0.717) is 79.4 Å². The fourth-order valence-corrected chi connectivity index (χ4v) is 4.39. The van der Waals surface area contributed by atoms with Crippen LogP contribution in [0.2, 0.25) is 5.02 Å². The lowest BCUT2D eigenvalue weighted by Crippen LogP contribution is -2.47. The Kier molecular flexibility index (Phi) is 9.92. The van der Waals surface area contributed by atoms with Gasteiger partial charge in [-0.2, -0.15) is 0 Å². The van der Waals surface area contributed by atoms with Gasteiger partial charge in [0, 0.05) is 44.3 Å². The van der Waals surface area contributed by atoms with Gasteiger partial charge in [0.25, 0.3) is 11.8 Å². The molecule has 0 radical (unpaired) electrons. The van der Waals surface area contributed by atoms with Crippen molar-refractivity contribution in [2.24, 2.45) is 0 Å². The largest absolute Gasteiger partial charge is 0.493 e. The van der Waals surface area contributed by atoms with Crippen LogP contribution in [0.25, 0.3) is 0 Å². The summed E-state index contributed by atoms with van der Waals surface area (Å²) < 4.78 is 20.0. The SMILES string of the molecule is Cc1ccc(C(=O)N2CCCCOc3ccc(Cl)cc3C(=O)N(C)[C@@H](C)C(=O)N(C)CCCC2)cc1F.